The molecule has 0 N–H and O–H groups in total. The van der Waals surface area contributed by atoms with Crippen LogP contribution in [0.5, 0.6) is 0 Å². The average Bonchev–Trinajstić information content (AvgIpc) is 2.43. The first-order valence-corrected chi connectivity index (χ1v) is 3.14. The van der Waals surface area contributed by atoms with Crippen LogP contribution in [-0.2, 0) is 6.54 Å². The fourth-order valence-corrected chi connectivity index (χ4v) is 0.325. The molecule has 0 aromatic carbocycles. The molecule has 0 saturated heterocycles. The average molecular weight is 128 g/mol. The van der Waals surface area contributed by atoms with E-state index in [-0.39, 0.29) is 0 Å². The van der Waals surface area contributed by atoms with Crippen molar-refractivity contribution in [1.29, 1.82) is 0 Å². The van der Waals surface area contributed by atoms with Crippen LogP contribution in [0.3, 0.4) is 0 Å². The first-order valence-electron chi connectivity index (χ1n) is 3.14. The second-order valence-electron chi connectivity index (χ2n) is 1.17. The molecular weight excluding hydrogens is 116 g/mol. The van der Waals surface area contributed by atoms with E-state index in [1.54, 1.807) is 11.0 Å². The van der Waals surface area contributed by atoms with Crippen molar-refractivity contribution in [3.63, 3.8) is 0 Å². The Morgan fingerprint density at radius 1 is 1.44 bits per heavy atom. The van der Waals surface area contributed by atoms with Crippen molar-refractivity contribution in [2.45, 2.75) is 27.3 Å². The van der Waals surface area contributed by atoms with Gasteiger partial charge >= 0.3 is 0 Å². The van der Waals surface area contributed by atoms with Gasteiger partial charge in [0.15, 0.2) is 0 Å². The molecule has 52 valence electrons. The third-order valence-electron chi connectivity index (χ3n) is 0.715. The Balaban J connectivity index is 0.000000291. The molecule has 1 aromatic rings. The molecule has 1 heterocycles. The van der Waals surface area contributed by atoms with Crippen LogP contribution in [0.4, 0.5) is 0 Å². The third-order valence-corrected chi connectivity index (χ3v) is 0.715. The van der Waals surface area contributed by atoms with Gasteiger partial charge in [-0.2, -0.15) is 0 Å². The minimum Gasteiger partial charge on any atom is -0.233 e. The van der Waals surface area contributed by atoms with Gasteiger partial charge in [-0.1, -0.05) is 13.8 Å². The molecule has 0 unspecified atom stereocenters. The van der Waals surface area contributed by atoms with E-state index in [0.29, 0.717) is 0 Å². The molecule has 0 atom stereocenters. The van der Waals surface area contributed by atoms with Crippen molar-refractivity contribution < 1.29 is 0 Å². The molecule has 9 heavy (non-hydrogen) atoms. The highest BCUT2D eigenvalue weighted by atomic mass is 15.5. The molecule has 1 aromatic heterocycles. The zero-order chi connectivity index (χ0) is 7.11. The molecule has 0 bridgehead atoms. The first-order chi connectivity index (χ1) is 4.43. The van der Waals surface area contributed by atoms with E-state index in [1.807, 2.05) is 20.8 Å². The van der Waals surface area contributed by atoms with Crippen LogP contribution < -0.4 is 0 Å². The summed E-state index contributed by atoms with van der Waals surface area (Å²) in [6, 6.07) is 0. The highest BCUT2D eigenvalue weighted by Gasteiger charge is 1.80. The van der Waals surface area contributed by atoms with Crippen LogP contribution in [0.15, 0.2) is 6.33 Å². The standard InChI is InChI=1S/C3H6N4.C2H6/c1-2-7-3-4-5-6-7;1-2/h3H,2H2,1H3;1-2H3. The van der Waals surface area contributed by atoms with Gasteiger partial charge < -0.3 is 0 Å². The summed E-state index contributed by atoms with van der Waals surface area (Å²) < 4.78 is 1.65. The van der Waals surface area contributed by atoms with Gasteiger partial charge in [-0.25, -0.2) is 4.68 Å². The van der Waals surface area contributed by atoms with E-state index in [2.05, 4.69) is 15.5 Å². The van der Waals surface area contributed by atoms with Crippen LogP contribution in [-0.4, -0.2) is 20.2 Å². The maximum atomic E-state index is 3.59. The third kappa shape index (κ3) is 2.79. The summed E-state index contributed by atoms with van der Waals surface area (Å²) in [6.45, 7) is 6.82. The fraction of sp³-hybridized carbons (Fsp3) is 0.800. The normalized spacial score (nSPS) is 7.89. The van der Waals surface area contributed by atoms with E-state index >= 15 is 0 Å². The Kier molecular flexibility index (Phi) is 4.67. The Morgan fingerprint density at radius 3 is 2.33 bits per heavy atom. The molecule has 0 saturated carbocycles. The number of hydrogen-bond donors (Lipinski definition) is 0. The van der Waals surface area contributed by atoms with Crippen LogP contribution in [0.1, 0.15) is 20.8 Å². The van der Waals surface area contributed by atoms with E-state index in [4.69, 9.17) is 0 Å². The minimum absolute atomic E-state index is 0.840. The Bertz CT molecular complexity index is 124. The lowest BCUT2D eigenvalue weighted by Gasteiger charge is -1.83. The predicted octanol–water partition coefficient (Wildman–Crippen LogP) is 0.719. The molecule has 0 aliphatic rings. The lowest BCUT2D eigenvalue weighted by molar-refractivity contribution is 0.626. The van der Waals surface area contributed by atoms with Crippen LogP contribution in [0.25, 0.3) is 0 Å². The summed E-state index contributed by atoms with van der Waals surface area (Å²) in [5.41, 5.74) is 0. The molecule has 0 aliphatic heterocycles. The first kappa shape index (κ1) is 8.07. The van der Waals surface area contributed by atoms with Crippen LogP contribution in [0, 0.1) is 0 Å². The van der Waals surface area contributed by atoms with Crippen molar-refractivity contribution in [1.82, 2.24) is 20.2 Å². The van der Waals surface area contributed by atoms with E-state index in [9.17, 15) is 0 Å². The van der Waals surface area contributed by atoms with Crippen molar-refractivity contribution >= 4 is 0 Å². The highest BCUT2D eigenvalue weighted by Crippen LogP contribution is 1.70. The Labute approximate surface area is 54.9 Å². The maximum absolute atomic E-state index is 3.59. The van der Waals surface area contributed by atoms with E-state index in [1.165, 1.54) is 0 Å². The van der Waals surface area contributed by atoms with Gasteiger partial charge in [-0.05, 0) is 17.4 Å². The van der Waals surface area contributed by atoms with E-state index in [0.717, 1.165) is 6.54 Å². The minimum atomic E-state index is 0.840. The summed E-state index contributed by atoms with van der Waals surface area (Å²) in [7, 11) is 0. The smallest absolute Gasteiger partial charge is 0.138 e. The molecule has 4 heteroatoms. The van der Waals surface area contributed by atoms with Gasteiger partial charge in [-0.15, -0.1) is 5.10 Å². The fourth-order valence-electron chi connectivity index (χ4n) is 0.325. The second-order valence-corrected chi connectivity index (χ2v) is 1.17. The summed E-state index contributed by atoms with van der Waals surface area (Å²) in [4.78, 5) is 0. The predicted molar refractivity (Wildman–Crippen MR) is 34.8 cm³/mol. The SMILES string of the molecule is CC.CCn1cnnn1. The van der Waals surface area contributed by atoms with Gasteiger partial charge in [-0.3, -0.25) is 0 Å². The summed E-state index contributed by atoms with van der Waals surface area (Å²) in [5, 5.41) is 10.4. The van der Waals surface area contributed by atoms with Crippen molar-refractivity contribution in [2.24, 2.45) is 0 Å². The highest BCUT2D eigenvalue weighted by molar-refractivity contribution is 4.40. The molecule has 0 spiro atoms. The van der Waals surface area contributed by atoms with Gasteiger partial charge in [0.25, 0.3) is 0 Å². The zero-order valence-corrected chi connectivity index (χ0v) is 6.07. The summed E-state index contributed by atoms with van der Waals surface area (Å²) >= 11 is 0. The molecule has 4 nitrogen and oxygen atoms in total. The van der Waals surface area contributed by atoms with Gasteiger partial charge in [0.1, 0.15) is 6.33 Å². The molecular formula is C5H12N4. The number of nitrogens with zero attached hydrogens (tertiary/aromatic N) is 4. The Morgan fingerprint density at radius 2 is 2.11 bits per heavy atom. The van der Waals surface area contributed by atoms with Gasteiger partial charge in [0.05, 0.1) is 0 Å². The molecule has 0 fully saturated rings. The largest absolute Gasteiger partial charge is 0.233 e. The van der Waals surface area contributed by atoms with Crippen LogP contribution in [0.2, 0.25) is 0 Å². The number of aromatic nitrogens is 4. The number of hydrogen-bond acceptors (Lipinski definition) is 3. The van der Waals surface area contributed by atoms with Crippen molar-refractivity contribution in [3.8, 4) is 0 Å². The Hall–Kier alpha value is -0.930. The van der Waals surface area contributed by atoms with Gasteiger partial charge in [0.2, 0.25) is 0 Å². The molecule has 1 rings (SSSR count). The second kappa shape index (κ2) is 5.21. The summed E-state index contributed by atoms with van der Waals surface area (Å²) in [6.07, 6.45) is 1.58. The van der Waals surface area contributed by atoms with Crippen LogP contribution >= 0.6 is 0 Å². The lowest BCUT2D eigenvalue weighted by atomic mass is 10.8. The number of tetrazole rings is 1. The monoisotopic (exact) mass is 128 g/mol. The maximum Gasteiger partial charge on any atom is 0.138 e. The van der Waals surface area contributed by atoms with Crippen molar-refractivity contribution in [3.05, 3.63) is 6.33 Å². The zero-order valence-electron chi connectivity index (χ0n) is 6.07. The summed E-state index contributed by atoms with van der Waals surface area (Å²) in [5.74, 6) is 0. The quantitative estimate of drug-likeness (QED) is 0.559. The lowest BCUT2D eigenvalue weighted by Crippen LogP contribution is -1.93. The van der Waals surface area contributed by atoms with Gasteiger partial charge in [0, 0.05) is 6.54 Å². The van der Waals surface area contributed by atoms with E-state index < -0.39 is 0 Å². The number of rotatable bonds is 1. The molecule has 0 radical (unpaired) electrons. The number of aryl methyl sites for hydroxylation is 1. The topological polar surface area (TPSA) is 43.6 Å². The molecule has 0 aliphatic carbocycles. The molecule has 0 amide bonds. The van der Waals surface area contributed by atoms with Crippen molar-refractivity contribution in [2.75, 3.05) is 0 Å².